The van der Waals surface area contributed by atoms with E-state index in [9.17, 15) is 8.42 Å². The highest BCUT2D eigenvalue weighted by Gasteiger charge is 2.18. The number of rotatable bonds is 4. The van der Waals surface area contributed by atoms with Gasteiger partial charge >= 0.3 is 0 Å². The van der Waals surface area contributed by atoms with Gasteiger partial charge < -0.3 is 5.73 Å². The molecule has 4 nitrogen and oxygen atoms in total. The molecule has 1 rings (SSSR count). The minimum Gasteiger partial charge on any atom is -0.329 e. The van der Waals surface area contributed by atoms with E-state index in [0.717, 1.165) is 11.1 Å². The first-order chi connectivity index (χ1) is 7.36. The van der Waals surface area contributed by atoms with Crippen LogP contribution < -0.4 is 10.5 Å². The van der Waals surface area contributed by atoms with Crippen molar-refractivity contribution in [1.29, 1.82) is 0 Å². The lowest BCUT2D eigenvalue weighted by atomic mass is 10.2. The molecule has 0 aromatic heterocycles. The zero-order valence-corrected chi connectivity index (χ0v) is 10.6. The van der Waals surface area contributed by atoms with Crippen molar-refractivity contribution in [3.8, 4) is 0 Å². The molecule has 1 atom stereocenters. The minimum absolute atomic E-state index is 0.259. The third kappa shape index (κ3) is 3.04. The number of sulfonamides is 1. The molecule has 0 fully saturated rings. The third-order valence-electron chi connectivity index (χ3n) is 2.34. The van der Waals surface area contributed by atoms with Gasteiger partial charge in [-0.1, -0.05) is 12.1 Å². The standard InChI is InChI=1S/C11H18N2O2S/c1-8-4-5-9(2)11(6-8)16(14,15)13-10(3)7-12/h4-6,10,13H,7,12H2,1-3H3/t10-/m1/s1. The van der Waals surface area contributed by atoms with Crippen molar-refractivity contribution in [2.45, 2.75) is 31.7 Å². The Morgan fingerprint density at radius 1 is 1.38 bits per heavy atom. The Balaban J connectivity index is 3.12. The third-order valence-corrected chi connectivity index (χ3v) is 4.07. The van der Waals surface area contributed by atoms with Crippen LogP contribution in [-0.2, 0) is 10.0 Å². The van der Waals surface area contributed by atoms with Crippen LogP contribution in [0, 0.1) is 13.8 Å². The number of aryl methyl sites for hydroxylation is 2. The number of nitrogens with one attached hydrogen (secondary N) is 1. The topological polar surface area (TPSA) is 72.2 Å². The molecule has 5 heteroatoms. The first-order valence-corrected chi connectivity index (χ1v) is 6.65. The summed E-state index contributed by atoms with van der Waals surface area (Å²) >= 11 is 0. The number of nitrogens with two attached hydrogens (primary N) is 1. The van der Waals surface area contributed by atoms with Crippen LogP contribution in [0.25, 0.3) is 0 Å². The first kappa shape index (κ1) is 13.2. The maximum absolute atomic E-state index is 12.0. The van der Waals surface area contributed by atoms with Crippen molar-refractivity contribution in [3.63, 3.8) is 0 Å². The van der Waals surface area contributed by atoms with Gasteiger partial charge in [-0.25, -0.2) is 13.1 Å². The second-order valence-corrected chi connectivity index (χ2v) is 5.71. The van der Waals surface area contributed by atoms with Gasteiger partial charge in [0.05, 0.1) is 4.90 Å². The lowest BCUT2D eigenvalue weighted by Gasteiger charge is -2.14. The predicted molar refractivity (Wildman–Crippen MR) is 64.8 cm³/mol. The Labute approximate surface area is 96.9 Å². The van der Waals surface area contributed by atoms with Gasteiger partial charge in [0.25, 0.3) is 0 Å². The van der Waals surface area contributed by atoms with Crippen LogP contribution in [0.1, 0.15) is 18.1 Å². The monoisotopic (exact) mass is 242 g/mol. The van der Waals surface area contributed by atoms with E-state index in [1.54, 1.807) is 26.0 Å². The van der Waals surface area contributed by atoms with Crippen molar-refractivity contribution >= 4 is 10.0 Å². The molecule has 16 heavy (non-hydrogen) atoms. The summed E-state index contributed by atoms with van der Waals surface area (Å²) in [7, 11) is -3.45. The molecule has 90 valence electrons. The minimum atomic E-state index is -3.45. The largest absolute Gasteiger partial charge is 0.329 e. The summed E-state index contributed by atoms with van der Waals surface area (Å²) in [6.45, 7) is 5.67. The Bertz CT molecular complexity index is 469. The fraction of sp³-hybridized carbons (Fsp3) is 0.455. The van der Waals surface area contributed by atoms with Gasteiger partial charge in [0, 0.05) is 12.6 Å². The van der Waals surface area contributed by atoms with Crippen molar-refractivity contribution in [2.24, 2.45) is 5.73 Å². The fourth-order valence-corrected chi connectivity index (χ4v) is 2.96. The zero-order chi connectivity index (χ0) is 12.3. The molecule has 0 aliphatic heterocycles. The highest BCUT2D eigenvalue weighted by atomic mass is 32.2. The molecule has 1 aromatic carbocycles. The van der Waals surface area contributed by atoms with Crippen LogP contribution in [0.2, 0.25) is 0 Å². The van der Waals surface area contributed by atoms with Gasteiger partial charge in [-0.15, -0.1) is 0 Å². The molecule has 0 spiro atoms. The van der Waals surface area contributed by atoms with Crippen LogP contribution in [0.3, 0.4) is 0 Å². The second kappa shape index (κ2) is 4.95. The van der Waals surface area contributed by atoms with Crippen LogP contribution in [0.4, 0.5) is 0 Å². The van der Waals surface area contributed by atoms with E-state index in [0.29, 0.717) is 4.90 Å². The summed E-state index contributed by atoms with van der Waals surface area (Å²) < 4.78 is 26.6. The molecule has 0 aliphatic carbocycles. The summed E-state index contributed by atoms with van der Waals surface area (Å²) in [5.74, 6) is 0. The normalized spacial score (nSPS) is 13.8. The Morgan fingerprint density at radius 2 is 2.00 bits per heavy atom. The van der Waals surface area contributed by atoms with E-state index >= 15 is 0 Å². The fourth-order valence-electron chi connectivity index (χ4n) is 1.37. The summed E-state index contributed by atoms with van der Waals surface area (Å²) in [5.41, 5.74) is 7.06. The number of hydrogen-bond donors (Lipinski definition) is 2. The molecule has 1 aromatic rings. The van der Waals surface area contributed by atoms with Crippen molar-refractivity contribution in [3.05, 3.63) is 29.3 Å². The first-order valence-electron chi connectivity index (χ1n) is 5.16. The van der Waals surface area contributed by atoms with Crippen molar-refractivity contribution in [2.75, 3.05) is 6.54 Å². The molecule has 0 unspecified atom stereocenters. The van der Waals surface area contributed by atoms with Gasteiger partial charge in [-0.2, -0.15) is 0 Å². The van der Waals surface area contributed by atoms with Gasteiger partial charge in [-0.05, 0) is 38.0 Å². The van der Waals surface area contributed by atoms with Crippen LogP contribution in [0.5, 0.6) is 0 Å². The smallest absolute Gasteiger partial charge is 0.241 e. The van der Waals surface area contributed by atoms with E-state index in [2.05, 4.69) is 4.72 Å². The molecule has 0 saturated heterocycles. The van der Waals surface area contributed by atoms with E-state index in [4.69, 9.17) is 5.73 Å². The van der Waals surface area contributed by atoms with E-state index < -0.39 is 10.0 Å². The van der Waals surface area contributed by atoms with Crippen LogP contribution >= 0.6 is 0 Å². The predicted octanol–water partition coefficient (Wildman–Crippen LogP) is 0.929. The quantitative estimate of drug-likeness (QED) is 0.825. The molecular weight excluding hydrogens is 224 g/mol. The maximum Gasteiger partial charge on any atom is 0.241 e. The summed E-state index contributed by atoms with van der Waals surface area (Å²) in [6.07, 6.45) is 0. The van der Waals surface area contributed by atoms with Gasteiger partial charge in [-0.3, -0.25) is 0 Å². The number of benzene rings is 1. The molecular formula is C11H18N2O2S. The molecule has 0 aliphatic rings. The molecule has 3 N–H and O–H groups in total. The summed E-state index contributed by atoms with van der Waals surface area (Å²) in [5, 5.41) is 0. The van der Waals surface area contributed by atoms with Crippen molar-refractivity contribution < 1.29 is 8.42 Å². The van der Waals surface area contributed by atoms with Gasteiger partial charge in [0.15, 0.2) is 0 Å². The van der Waals surface area contributed by atoms with Gasteiger partial charge in [0.1, 0.15) is 0 Å². The lowest BCUT2D eigenvalue weighted by Crippen LogP contribution is -2.38. The maximum atomic E-state index is 12.0. The zero-order valence-electron chi connectivity index (χ0n) is 9.82. The van der Waals surface area contributed by atoms with Crippen LogP contribution in [0.15, 0.2) is 23.1 Å². The second-order valence-electron chi connectivity index (χ2n) is 4.03. The van der Waals surface area contributed by atoms with E-state index in [1.165, 1.54) is 0 Å². The van der Waals surface area contributed by atoms with Gasteiger partial charge in [0.2, 0.25) is 10.0 Å². The highest BCUT2D eigenvalue weighted by Crippen LogP contribution is 2.16. The SMILES string of the molecule is Cc1ccc(C)c(S(=O)(=O)N[C@H](C)CN)c1. The average molecular weight is 242 g/mol. The Hall–Kier alpha value is -0.910. The number of hydrogen-bond acceptors (Lipinski definition) is 3. The molecule has 0 heterocycles. The summed E-state index contributed by atoms with van der Waals surface area (Å²) in [6, 6.07) is 5.10. The highest BCUT2D eigenvalue weighted by molar-refractivity contribution is 7.89. The van der Waals surface area contributed by atoms with E-state index in [1.807, 2.05) is 13.0 Å². The molecule has 0 saturated carbocycles. The summed E-state index contributed by atoms with van der Waals surface area (Å²) in [4.78, 5) is 0.327. The van der Waals surface area contributed by atoms with Crippen LogP contribution in [-0.4, -0.2) is 21.0 Å². The van der Waals surface area contributed by atoms with E-state index in [-0.39, 0.29) is 12.6 Å². The lowest BCUT2D eigenvalue weighted by molar-refractivity contribution is 0.562. The molecule has 0 amide bonds. The Kier molecular flexibility index (Phi) is 4.07. The molecule has 0 radical (unpaired) electrons. The molecule has 0 bridgehead atoms. The van der Waals surface area contributed by atoms with Crippen molar-refractivity contribution in [1.82, 2.24) is 4.72 Å². The average Bonchev–Trinajstić information content (AvgIpc) is 2.20. The Morgan fingerprint density at radius 3 is 2.56 bits per heavy atom.